The maximum Gasteiger partial charge on any atom is 0.0506 e. The van der Waals surface area contributed by atoms with Gasteiger partial charge < -0.3 is 4.74 Å². The zero-order valence-corrected chi connectivity index (χ0v) is 6.71. The van der Waals surface area contributed by atoms with Gasteiger partial charge in [0.2, 0.25) is 0 Å². The first kappa shape index (κ1) is 7.98. The molecule has 0 aromatic heterocycles. The monoisotopic (exact) mass is 144 g/mol. The summed E-state index contributed by atoms with van der Waals surface area (Å²) in [5.41, 5.74) is 0. The summed E-state index contributed by atoms with van der Waals surface area (Å²) in [5.74, 6) is 6.94. The average molecular weight is 144 g/mol. The van der Waals surface area contributed by atoms with Gasteiger partial charge in [-0.15, -0.1) is 0 Å². The molecule has 1 rings (SSSR count). The van der Waals surface area contributed by atoms with Gasteiger partial charge in [0.1, 0.15) is 0 Å². The maximum absolute atomic E-state index is 5.62. The number of hydrogen-bond acceptors (Lipinski definition) is 3. The van der Waals surface area contributed by atoms with Crippen molar-refractivity contribution in [2.24, 2.45) is 17.7 Å². The molecule has 2 atom stereocenters. The molecule has 0 saturated carbocycles. The minimum Gasteiger partial charge on any atom is -0.384 e. The minimum atomic E-state index is 0.634. The summed E-state index contributed by atoms with van der Waals surface area (Å²) in [5, 5.41) is 1.87. The van der Waals surface area contributed by atoms with Gasteiger partial charge in [0.05, 0.1) is 6.61 Å². The highest BCUT2D eigenvalue weighted by molar-refractivity contribution is 4.77. The summed E-state index contributed by atoms with van der Waals surface area (Å²) in [6, 6.07) is 0. The van der Waals surface area contributed by atoms with E-state index in [1.165, 1.54) is 0 Å². The van der Waals surface area contributed by atoms with Gasteiger partial charge >= 0.3 is 0 Å². The van der Waals surface area contributed by atoms with Crippen molar-refractivity contribution in [2.75, 3.05) is 26.8 Å². The van der Waals surface area contributed by atoms with E-state index >= 15 is 0 Å². The van der Waals surface area contributed by atoms with Crippen LogP contribution in [0.2, 0.25) is 0 Å². The van der Waals surface area contributed by atoms with Crippen LogP contribution >= 0.6 is 0 Å². The van der Waals surface area contributed by atoms with Gasteiger partial charge in [-0.1, -0.05) is 6.92 Å². The molecule has 60 valence electrons. The smallest absolute Gasteiger partial charge is 0.0506 e. The molecule has 0 amide bonds. The molecule has 1 saturated heterocycles. The van der Waals surface area contributed by atoms with Crippen LogP contribution in [0.3, 0.4) is 0 Å². The van der Waals surface area contributed by atoms with Gasteiger partial charge in [0, 0.05) is 26.1 Å². The van der Waals surface area contributed by atoms with E-state index in [9.17, 15) is 0 Å². The molecular formula is C7H16N2O. The number of rotatable bonds is 2. The fourth-order valence-electron chi connectivity index (χ4n) is 1.51. The van der Waals surface area contributed by atoms with Crippen molar-refractivity contribution in [1.82, 2.24) is 5.01 Å². The lowest BCUT2D eigenvalue weighted by molar-refractivity contribution is 0.140. The van der Waals surface area contributed by atoms with Crippen molar-refractivity contribution in [3.8, 4) is 0 Å². The van der Waals surface area contributed by atoms with E-state index in [4.69, 9.17) is 10.6 Å². The van der Waals surface area contributed by atoms with E-state index in [0.29, 0.717) is 11.8 Å². The molecule has 0 spiro atoms. The molecule has 0 aromatic rings. The van der Waals surface area contributed by atoms with Crippen LogP contribution < -0.4 is 5.84 Å². The average Bonchev–Trinajstić information content (AvgIpc) is 2.13. The van der Waals surface area contributed by atoms with Gasteiger partial charge in [-0.3, -0.25) is 5.84 Å². The topological polar surface area (TPSA) is 38.5 Å². The normalized spacial score (nSPS) is 35.1. The van der Waals surface area contributed by atoms with Crippen molar-refractivity contribution in [3.63, 3.8) is 0 Å². The molecule has 0 bridgehead atoms. The second-order valence-electron chi connectivity index (χ2n) is 3.15. The van der Waals surface area contributed by atoms with Crippen molar-refractivity contribution in [2.45, 2.75) is 6.92 Å². The lowest BCUT2D eigenvalue weighted by Crippen LogP contribution is -2.28. The van der Waals surface area contributed by atoms with Crippen molar-refractivity contribution >= 4 is 0 Å². The Hall–Kier alpha value is -0.120. The highest BCUT2D eigenvalue weighted by Crippen LogP contribution is 2.19. The van der Waals surface area contributed by atoms with Gasteiger partial charge in [0.15, 0.2) is 0 Å². The minimum absolute atomic E-state index is 0.634. The van der Waals surface area contributed by atoms with Gasteiger partial charge in [-0.25, -0.2) is 5.01 Å². The van der Waals surface area contributed by atoms with Crippen LogP contribution in [0.15, 0.2) is 0 Å². The number of nitrogens with two attached hydrogens (primary N) is 1. The first-order valence-electron chi connectivity index (χ1n) is 3.72. The molecule has 0 aromatic carbocycles. The molecule has 3 heteroatoms. The second kappa shape index (κ2) is 3.32. The standard InChI is InChI=1S/C7H16N2O/c1-6-3-9(8)4-7(6)5-10-2/h6-7H,3-5,8H2,1-2H3/t6-,7+/m1/s1. The summed E-state index contributed by atoms with van der Waals surface area (Å²) >= 11 is 0. The highest BCUT2D eigenvalue weighted by Gasteiger charge is 2.27. The third kappa shape index (κ3) is 1.68. The Kier molecular flexibility index (Phi) is 2.65. The predicted octanol–water partition coefficient (Wildman–Crippen LogP) is 0.0744. The van der Waals surface area contributed by atoms with Crippen LogP contribution in [0, 0.1) is 11.8 Å². The summed E-state index contributed by atoms with van der Waals surface area (Å²) in [7, 11) is 1.74. The number of hydrazine groups is 1. The molecule has 0 radical (unpaired) electrons. The Morgan fingerprint density at radius 3 is 2.70 bits per heavy atom. The van der Waals surface area contributed by atoms with Gasteiger partial charge in [-0.05, 0) is 5.92 Å². The van der Waals surface area contributed by atoms with E-state index in [1.54, 1.807) is 7.11 Å². The van der Waals surface area contributed by atoms with Crippen molar-refractivity contribution in [1.29, 1.82) is 0 Å². The number of ether oxygens (including phenoxy) is 1. The summed E-state index contributed by atoms with van der Waals surface area (Å²) < 4.78 is 5.06. The molecule has 1 heterocycles. The van der Waals surface area contributed by atoms with Crippen LogP contribution in [0.4, 0.5) is 0 Å². The lowest BCUT2D eigenvalue weighted by atomic mass is 10.00. The van der Waals surface area contributed by atoms with Crippen LogP contribution in [0.25, 0.3) is 0 Å². The van der Waals surface area contributed by atoms with E-state index in [-0.39, 0.29) is 0 Å². The predicted molar refractivity (Wildman–Crippen MR) is 40.3 cm³/mol. The quantitative estimate of drug-likeness (QED) is 0.558. The molecule has 0 unspecified atom stereocenters. The second-order valence-corrected chi connectivity index (χ2v) is 3.15. The van der Waals surface area contributed by atoms with Crippen LogP contribution in [-0.2, 0) is 4.74 Å². The highest BCUT2D eigenvalue weighted by atomic mass is 16.5. The third-order valence-electron chi connectivity index (χ3n) is 2.18. The fourth-order valence-corrected chi connectivity index (χ4v) is 1.51. The summed E-state index contributed by atoms with van der Waals surface area (Å²) in [6.07, 6.45) is 0. The molecule has 0 aliphatic carbocycles. The van der Waals surface area contributed by atoms with Crippen LogP contribution in [0.1, 0.15) is 6.92 Å². The first-order valence-corrected chi connectivity index (χ1v) is 3.72. The zero-order chi connectivity index (χ0) is 7.56. The van der Waals surface area contributed by atoms with Crippen LogP contribution in [-0.4, -0.2) is 31.8 Å². The molecular weight excluding hydrogens is 128 g/mol. The van der Waals surface area contributed by atoms with Crippen LogP contribution in [0.5, 0.6) is 0 Å². The molecule has 3 nitrogen and oxygen atoms in total. The molecule has 1 fully saturated rings. The number of methoxy groups -OCH3 is 1. The Morgan fingerprint density at radius 2 is 2.30 bits per heavy atom. The Morgan fingerprint density at radius 1 is 1.60 bits per heavy atom. The summed E-state index contributed by atoms with van der Waals surface area (Å²) in [4.78, 5) is 0. The number of nitrogens with zero attached hydrogens (tertiary/aromatic N) is 1. The maximum atomic E-state index is 5.62. The Labute approximate surface area is 62.1 Å². The molecule has 1 aliphatic rings. The first-order chi connectivity index (χ1) is 4.74. The largest absolute Gasteiger partial charge is 0.384 e. The van der Waals surface area contributed by atoms with Crippen molar-refractivity contribution < 1.29 is 4.74 Å². The molecule has 2 N–H and O–H groups in total. The van der Waals surface area contributed by atoms with E-state index in [0.717, 1.165) is 19.7 Å². The van der Waals surface area contributed by atoms with E-state index < -0.39 is 0 Å². The SMILES string of the molecule is COC[C@@H]1CN(N)C[C@H]1C. The lowest BCUT2D eigenvalue weighted by Gasteiger charge is -2.11. The third-order valence-corrected chi connectivity index (χ3v) is 2.18. The van der Waals surface area contributed by atoms with Gasteiger partial charge in [0.25, 0.3) is 0 Å². The van der Waals surface area contributed by atoms with E-state index in [2.05, 4.69) is 6.92 Å². The summed E-state index contributed by atoms with van der Waals surface area (Å²) in [6.45, 7) is 5.05. The molecule has 1 aliphatic heterocycles. The number of hydrogen-bond donors (Lipinski definition) is 1. The molecule has 10 heavy (non-hydrogen) atoms. The fraction of sp³-hybridized carbons (Fsp3) is 1.00. The zero-order valence-electron chi connectivity index (χ0n) is 6.71. The Balaban J connectivity index is 2.31. The van der Waals surface area contributed by atoms with E-state index in [1.807, 2.05) is 5.01 Å². The van der Waals surface area contributed by atoms with Gasteiger partial charge in [-0.2, -0.15) is 0 Å². The van der Waals surface area contributed by atoms with Crippen molar-refractivity contribution in [3.05, 3.63) is 0 Å². The Bertz CT molecular complexity index is 108.